The predicted octanol–water partition coefficient (Wildman–Crippen LogP) is 5.51. The minimum Gasteiger partial charge on any atom is -0.454 e. The molecule has 2 aromatic heterocycles. The number of nitrogens with one attached hydrogen (secondary N) is 2. The standard InChI is InChI=1S/C24H20FN5O2.2ClH/c25-20-13-17(8-9-21(20)32-18-10-12-27-22(26)14-18)30-23-19(7-4-11-28-23)24(31)29-15-16-5-2-1-3-6-16;;/h1-14H,15H2,(H2,26,27)(H,28,30)(H,29,31);2*1H. The lowest BCUT2D eigenvalue weighted by atomic mass is 10.2. The number of hydrogen-bond acceptors (Lipinski definition) is 6. The number of carbonyl (C=O) groups is 1. The number of anilines is 3. The van der Waals surface area contributed by atoms with E-state index in [9.17, 15) is 9.18 Å². The zero-order chi connectivity index (χ0) is 22.3. The van der Waals surface area contributed by atoms with Crippen molar-refractivity contribution >= 4 is 48.0 Å². The van der Waals surface area contributed by atoms with Gasteiger partial charge in [0.1, 0.15) is 17.4 Å². The van der Waals surface area contributed by atoms with Gasteiger partial charge < -0.3 is 21.1 Å². The van der Waals surface area contributed by atoms with Gasteiger partial charge in [-0.15, -0.1) is 24.8 Å². The van der Waals surface area contributed by atoms with Crippen molar-refractivity contribution in [1.29, 1.82) is 0 Å². The minimum absolute atomic E-state index is 0. The minimum atomic E-state index is -0.587. The van der Waals surface area contributed by atoms with Crippen LogP contribution in [0.1, 0.15) is 15.9 Å². The maximum absolute atomic E-state index is 14.6. The number of nitrogens with zero attached hydrogens (tertiary/aromatic N) is 2. The molecule has 7 nitrogen and oxygen atoms in total. The molecule has 0 radical (unpaired) electrons. The number of halogens is 3. The fourth-order valence-electron chi connectivity index (χ4n) is 2.98. The summed E-state index contributed by atoms with van der Waals surface area (Å²) in [7, 11) is 0. The second-order valence-electron chi connectivity index (χ2n) is 6.86. The molecular formula is C24H22Cl2FN5O2. The van der Waals surface area contributed by atoms with Crippen LogP contribution in [0.25, 0.3) is 0 Å². The molecule has 0 aliphatic heterocycles. The Bertz CT molecular complexity index is 1240. The molecule has 2 heterocycles. The van der Waals surface area contributed by atoms with Crippen LogP contribution in [0.15, 0.2) is 85.2 Å². The van der Waals surface area contributed by atoms with Crippen LogP contribution in [0.2, 0.25) is 0 Å². The normalized spacial score (nSPS) is 9.79. The summed E-state index contributed by atoms with van der Waals surface area (Å²) in [6, 6.07) is 20.3. The summed E-state index contributed by atoms with van der Waals surface area (Å²) in [6.07, 6.45) is 3.03. The third-order valence-corrected chi connectivity index (χ3v) is 4.52. The number of nitrogens with two attached hydrogens (primary N) is 1. The van der Waals surface area contributed by atoms with Crippen molar-refractivity contribution in [3.8, 4) is 11.5 Å². The fourth-order valence-corrected chi connectivity index (χ4v) is 2.98. The number of amides is 1. The number of benzene rings is 2. The van der Waals surface area contributed by atoms with E-state index in [1.54, 1.807) is 30.5 Å². The SMILES string of the molecule is Cl.Cl.Nc1cc(Oc2ccc(Nc3ncccc3C(=O)NCc3ccccc3)cc2F)ccn1. The van der Waals surface area contributed by atoms with Crippen LogP contribution >= 0.6 is 24.8 Å². The number of nitrogen functional groups attached to an aromatic ring is 1. The van der Waals surface area contributed by atoms with E-state index in [1.165, 1.54) is 24.4 Å². The summed E-state index contributed by atoms with van der Waals surface area (Å²) in [5.41, 5.74) is 7.36. The molecule has 4 N–H and O–H groups in total. The molecular weight excluding hydrogens is 480 g/mol. The molecule has 0 fully saturated rings. The van der Waals surface area contributed by atoms with E-state index < -0.39 is 5.82 Å². The molecule has 0 saturated heterocycles. The van der Waals surface area contributed by atoms with E-state index in [1.807, 2.05) is 30.3 Å². The molecule has 0 atom stereocenters. The highest BCUT2D eigenvalue weighted by Crippen LogP contribution is 2.28. The first-order valence-electron chi connectivity index (χ1n) is 9.81. The average molecular weight is 502 g/mol. The Balaban J connectivity index is 0.00000204. The van der Waals surface area contributed by atoms with Gasteiger partial charge in [-0.1, -0.05) is 30.3 Å². The molecule has 34 heavy (non-hydrogen) atoms. The first-order chi connectivity index (χ1) is 15.6. The monoisotopic (exact) mass is 501 g/mol. The van der Waals surface area contributed by atoms with Crippen LogP contribution in [0, 0.1) is 5.82 Å². The van der Waals surface area contributed by atoms with Crippen LogP contribution in [0.5, 0.6) is 11.5 Å². The van der Waals surface area contributed by atoms with Gasteiger partial charge in [0.2, 0.25) is 0 Å². The van der Waals surface area contributed by atoms with Crippen molar-refractivity contribution in [2.75, 3.05) is 11.1 Å². The quantitative estimate of drug-likeness (QED) is 0.308. The molecule has 4 rings (SSSR count). The molecule has 0 spiro atoms. The van der Waals surface area contributed by atoms with Crippen molar-refractivity contribution in [1.82, 2.24) is 15.3 Å². The lowest BCUT2D eigenvalue weighted by Gasteiger charge is -2.13. The zero-order valence-corrected chi connectivity index (χ0v) is 19.4. The van der Waals surface area contributed by atoms with Crippen molar-refractivity contribution in [3.05, 3.63) is 102 Å². The molecule has 176 valence electrons. The second-order valence-corrected chi connectivity index (χ2v) is 6.86. The van der Waals surface area contributed by atoms with Crippen LogP contribution in [0.4, 0.5) is 21.7 Å². The lowest BCUT2D eigenvalue weighted by Crippen LogP contribution is -2.24. The van der Waals surface area contributed by atoms with Gasteiger partial charge >= 0.3 is 0 Å². The van der Waals surface area contributed by atoms with Gasteiger partial charge in [-0.25, -0.2) is 14.4 Å². The summed E-state index contributed by atoms with van der Waals surface area (Å²) in [5.74, 6) is 0.112. The molecule has 10 heteroatoms. The van der Waals surface area contributed by atoms with Crippen LogP contribution in [-0.4, -0.2) is 15.9 Å². The maximum Gasteiger partial charge on any atom is 0.255 e. The van der Waals surface area contributed by atoms with Gasteiger partial charge in [-0.2, -0.15) is 0 Å². The molecule has 0 unspecified atom stereocenters. The molecule has 1 amide bonds. The van der Waals surface area contributed by atoms with Crippen LogP contribution in [0.3, 0.4) is 0 Å². The Morgan fingerprint density at radius 1 is 0.941 bits per heavy atom. The zero-order valence-electron chi connectivity index (χ0n) is 17.8. The van der Waals surface area contributed by atoms with Crippen LogP contribution < -0.4 is 21.1 Å². The summed E-state index contributed by atoms with van der Waals surface area (Å²) in [4.78, 5) is 20.8. The van der Waals surface area contributed by atoms with Gasteiger partial charge in [-0.3, -0.25) is 4.79 Å². The highest BCUT2D eigenvalue weighted by Gasteiger charge is 2.14. The van der Waals surface area contributed by atoms with Crippen molar-refractivity contribution in [2.45, 2.75) is 6.54 Å². The van der Waals surface area contributed by atoms with E-state index >= 15 is 0 Å². The largest absolute Gasteiger partial charge is 0.454 e. The first kappa shape index (κ1) is 26.4. The smallest absolute Gasteiger partial charge is 0.255 e. The summed E-state index contributed by atoms with van der Waals surface area (Å²) >= 11 is 0. The van der Waals surface area contributed by atoms with Crippen molar-refractivity contribution < 1.29 is 13.9 Å². The number of ether oxygens (including phenoxy) is 1. The van der Waals surface area contributed by atoms with Gasteiger partial charge in [0.25, 0.3) is 5.91 Å². The summed E-state index contributed by atoms with van der Waals surface area (Å²) < 4.78 is 20.1. The van der Waals surface area contributed by atoms with Crippen molar-refractivity contribution in [2.24, 2.45) is 0 Å². The highest BCUT2D eigenvalue weighted by atomic mass is 35.5. The molecule has 0 bridgehead atoms. The molecule has 2 aromatic carbocycles. The molecule has 0 aliphatic rings. The number of carbonyl (C=O) groups excluding carboxylic acids is 1. The van der Waals surface area contributed by atoms with E-state index in [-0.39, 0.29) is 42.3 Å². The first-order valence-corrected chi connectivity index (χ1v) is 9.81. The second kappa shape index (κ2) is 12.4. The molecule has 0 saturated carbocycles. The average Bonchev–Trinajstić information content (AvgIpc) is 2.80. The third kappa shape index (κ3) is 6.81. The van der Waals surface area contributed by atoms with Crippen LogP contribution in [-0.2, 0) is 6.54 Å². The Morgan fingerprint density at radius 2 is 1.74 bits per heavy atom. The van der Waals surface area contributed by atoms with E-state index in [2.05, 4.69) is 20.6 Å². The number of aromatic nitrogens is 2. The van der Waals surface area contributed by atoms with E-state index in [0.717, 1.165) is 5.56 Å². The Morgan fingerprint density at radius 3 is 2.47 bits per heavy atom. The summed E-state index contributed by atoms with van der Waals surface area (Å²) in [5, 5.41) is 5.86. The highest BCUT2D eigenvalue weighted by molar-refractivity contribution is 5.99. The Kier molecular flexibility index (Phi) is 9.61. The number of pyridine rings is 2. The van der Waals surface area contributed by atoms with E-state index in [0.29, 0.717) is 29.4 Å². The van der Waals surface area contributed by atoms with Gasteiger partial charge in [-0.05, 0) is 35.9 Å². The molecule has 4 aromatic rings. The lowest BCUT2D eigenvalue weighted by molar-refractivity contribution is 0.0951. The predicted molar refractivity (Wildman–Crippen MR) is 135 cm³/mol. The Labute approximate surface area is 208 Å². The van der Waals surface area contributed by atoms with Gasteiger partial charge in [0.15, 0.2) is 11.6 Å². The molecule has 0 aliphatic carbocycles. The topological polar surface area (TPSA) is 102 Å². The maximum atomic E-state index is 14.6. The summed E-state index contributed by atoms with van der Waals surface area (Å²) in [6.45, 7) is 0.383. The Hall–Kier alpha value is -3.88. The fraction of sp³-hybridized carbons (Fsp3) is 0.0417. The van der Waals surface area contributed by atoms with Gasteiger partial charge in [0.05, 0.1) is 5.56 Å². The number of hydrogen-bond donors (Lipinski definition) is 3. The third-order valence-electron chi connectivity index (χ3n) is 4.52. The number of rotatable bonds is 7. The van der Waals surface area contributed by atoms with E-state index in [4.69, 9.17) is 10.5 Å². The van der Waals surface area contributed by atoms with Gasteiger partial charge in [0, 0.05) is 36.8 Å². The van der Waals surface area contributed by atoms with Crippen molar-refractivity contribution in [3.63, 3.8) is 0 Å².